The van der Waals surface area contributed by atoms with Gasteiger partial charge in [-0.3, -0.25) is 29.9 Å². The quantitative estimate of drug-likeness (QED) is 0.262. The largest absolute Gasteiger partial charge is 0.490 e. The summed E-state index contributed by atoms with van der Waals surface area (Å²) >= 11 is 0. The molecule has 1 saturated heterocycles. The molecule has 11 nitrogen and oxygen atoms in total. The zero-order valence-electron chi connectivity index (χ0n) is 19.6. The second kappa shape index (κ2) is 10.3. The molecule has 0 N–H and O–H groups in total. The van der Waals surface area contributed by atoms with Crippen LogP contribution in [0.2, 0.25) is 0 Å². The van der Waals surface area contributed by atoms with Crippen LogP contribution in [-0.4, -0.2) is 45.0 Å². The molecule has 3 aromatic rings. The molecule has 0 bridgehead atoms. The Balaban J connectivity index is 1.75. The molecule has 0 unspecified atom stereocenters. The molecule has 0 aromatic heterocycles. The Morgan fingerprint density at radius 2 is 1.72 bits per heavy atom. The number of carbonyl (C=O) groups excluding carboxylic acids is 1. The second-order valence-corrected chi connectivity index (χ2v) is 8.18. The first-order valence-corrected chi connectivity index (χ1v) is 11.0. The van der Waals surface area contributed by atoms with E-state index >= 15 is 0 Å². The number of hydrogen-bond donors (Lipinski definition) is 0. The van der Waals surface area contributed by atoms with E-state index in [-0.39, 0.29) is 29.6 Å². The average Bonchev–Trinajstić information content (AvgIpc) is 3.18. The summed E-state index contributed by atoms with van der Waals surface area (Å²) in [4.78, 5) is 36.6. The smallest absolute Gasteiger partial charge is 0.311 e. The van der Waals surface area contributed by atoms with Crippen LogP contribution in [0.1, 0.15) is 29.8 Å². The highest BCUT2D eigenvalue weighted by molar-refractivity contribution is 5.99. The van der Waals surface area contributed by atoms with Crippen molar-refractivity contribution in [3.63, 3.8) is 0 Å². The Bertz CT molecular complexity index is 1330. The van der Waals surface area contributed by atoms with Crippen molar-refractivity contribution in [3.05, 3.63) is 110 Å². The predicted octanol–water partition coefficient (Wildman–Crippen LogP) is 4.28. The van der Waals surface area contributed by atoms with Crippen molar-refractivity contribution in [2.75, 3.05) is 13.7 Å². The first-order valence-electron chi connectivity index (χ1n) is 11.0. The lowest BCUT2D eigenvalue weighted by atomic mass is 10.1. The van der Waals surface area contributed by atoms with Crippen LogP contribution in [0.5, 0.6) is 5.75 Å². The number of nitro benzene ring substituents is 2. The first kappa shape index (κ1) is 24.5. The van der Waals surface area contributed by atoms with Crippen LogP contribution < -0.4 is 4.74 Å². The Morgan fingerprint density at radius 3 is 2.33 bits per heavy atom. The van der Waals surface area contributed by atoms with E-state index in [1.54, 1.807) is 25.1 Å². The lowest BCUT2D eigenvalue weighted by Gasteiger charge is -2.28. The molecule has 4 rings (SSSR count). The molecule has 36 heavy (non-hydrogen) atoms. The van der Waals surface area contributed by atoms with E-state index in [9.17, 15) is 25.0 Å². The summed E-state index contributed by atoms with van der Waals surface area (Å²) in [6.45, 7) is 2.16. The van der Waals surface area contributed by atoms with Crippen LogP contribution in [0, 0.1) is 20.2 Å². The number of rotatable bonds is 8. The summed E-state index contributed by atoms with van der Waals surface area (Å²) in [5, 5.41) is 28.5. The van der Waals surface area contributed by atoms with Gasteiger partial charge in [-0.1, -0.05) is 36.4 Å². The van der Waals surface area contributed by atoms with Gasteiger partial charge in [0.1, 0.15) is 6.17 Å². The number of hydrazone groups is 1. The van der Waals surface area contributed by atoms with Gasteiger partial charge in [0.25, 0.3) is 11.6 Å². The monoisotopic (exact) mass is 489 g/mol. The molecule has 11 heteroatoms. The first-order chi connectivity index (χ1) is 17.3. The van der Waals surface area contributed by atoms with Gasteiger partial charge in [-0.25, -0.2) is 5.01 Å². The van der Waals surface area contributed by atoms with E-state index in [2.05, 4.69) is 5.10 Å². The third-order valence-corrected chi connectivity index (χ3v) is 5.85. The molecular formula is C25H23N5O6. The SMILES string of the molecule is COc1ccc([C@@H]2N(Cc3ccccc3)CC(=O)N2/N=C(/C)c2ccc([N+](=O)[O-])cc2)cc1[N+](=O)[O-]. The molecule has 1 heterocycles. The third kappa shape index (κ3) is 5.05. The number of carbonyl (C=O) groups is 1. The van der Waals surface area contributed by atoms with E-state index in [0.717, 1.165) is 5.56 Å². The van der Waals surface area contributed by atoms with Crippen molar-refractivity contribution in [1.82, 2.24) is 9.91 Å². The van der Waals surface area contributed by atoms with Crippen LogP contribution >= 0.6 is 0 Å². The van der Waals surface area contributed by atoms with Gasteiger partial charge >= 0.3 is 5.69 Å². The van der Waals surface area contributed by atoms with E-state index in [0.29, 0.717) is 23.4 Å². The highest BCUT2D eigenvalue weighted by Crippen LogP contribution is 2.37. The van der Waals surface area contributed by atoms with E-state index < -0.39 is 16.0 Å². The molecule has 0 aliphatic carbocycles. The van der Waals surface area contributed by atoms with Crippen molar-refractivity contribution in [2.45, 2.75) is 19.6 Å². The molecule has 1 aliphatic heterocycles. The van der Waals surface area contributed by atoms with Gasteiger partial charge in [0, 0.05) is 24.7 Å². The van der Waals surface area contributed by atoms with Crippen LogP contribution in [0.25, 0.3) is 0 Å². The Morgan fingerprint density at radius 1 is 1.03 bits per heavy atom. The number of methoxy groups -OCH3 is 1. The number of non-ortho nitro benzene ring substituents is 1. The molecular weight excluding hydrogens is 466 g/mol. The van der Waals surface area contributed by atoms with Gasteiger partial charge in [0.15, 0.2) is 5.75 Å². The molecule has 1 aliphatic rings. The standard InChI is InChI=1S/C25H23N5O6/c1-17(19-8-11-21(12-9-19)29(32)33)26-28-24(31)16-27(15-18-6-4-3-5-7-18)25(28)20-10-13-23(36-2)22(14-20)30(34)35/h3-14,25H,15-16H2,1-2H3/b26-17-/t25-/m1/s1. The normalized spacial score (nSPS) is 16.3. The molecule has 0 saturated carbocycles. The topological polar surface area (TPSA) is 131 Å². The number of hydrogen-bond acceptors (Lipinski definition) is 8. The van der Waals surface area contributed by atoms with E-state index in [1.807, 2.05) is 35.2 Å². The summed E-state index contributed by atoms with van der Waals surface area (Å²) in [7, 11) is 1.35. The van der Waals surface area contributed by atoms with Gasteiger partial charge in [-0.05, 0) is 41.8 Å². The highest BCUT2D eigenvalue weighted by atomic mass is 16.6. The van der Waals surface area contributed by atoms with Gasteiger partial charge < -0.3 is 4.74 Å². The van der Waals surface area contributed by atoms with E-state index in [4.69, 9.17) is 4.74 Å². The molecule has 0 spiro atoms. The number of ether oxygens (including phenoxy) is 1. The fraction of sp³-hybridized carbons (Fsp3) is 0.200. The summed E-state index contributed by atoms with van der Waals surface area (Å²) < 4.78 is 5.13. The van der Waals surface area contributed by atoms with Crippen LogP contribution in [0.3, 0.4) is 0 Å². The third-order valence-electron chi connectivity index (χ3n) is 5.85. The maximum absolute atomic E-state index is 13.1. The fourth-order valence-electron chi connectivity index (χ4n) is 4.10. The lowest BCUT2D eigenvalue weighted by Crippen LogP contribution is -2.29. The number of nitrogens with zero attached hydrogens (tertiary/aromatic N) is 5. The Hall–Kier alpha value is -4.64. The van der Waals surface area contributed by atoms with Crippen LogP contribution in [-0.2, 0) is 11.3 Å². The van der Waals surface area contributed by atoms with Crippen molar-refractivity contribution in [1.29, 1.82) is 0 Å². The minimum Gasteiger partial charge on any atom is -0.490 e. The summed E-state index contributed by atoms with van der Waals surface area (Å²) in [6, 6.07) is 20.0. The molecule has 1 atom stereocenters. The number of amides is 1. The molecule has 1 amide bonds. The van der Waals surface area contributed by atoms with Gasteiger partial charge in [0.05, 0.1) is 29.2 Å². The van der Waals surface area contributed by atoms with Gasteiger partial charge in [0.2, 0.25) is 0 Å². The van der Waals surface area contributed by atoms with Crippen LogP contribution in [0.15, 0.2) is 77.9 Å². The zero-order valence-corrected chi connectivity index (χ0v) is 19.6. The lowest BCUT2D eigenvalue weighted by molar-refractivity contribution is -0.385. The Labute approximate surface area is 206 Å². The predicted molar refractivity (Wildman–Crippen MR) is 131 cm³/mol. The van der Waals surface area contributed by atoms with Crippen molar-refractivity contribution in [2.24, 2.45) is 5.10 Å². The van der Waals surface area contributed by atoms with Crippen molar-refractivity contribution < 1.29 is 19.4 Å². The maximum Gasteiger partial charge on any atom is 0.311 e. The summed E-state index contributed by atoms with van der Waals surface area (Å²) in [6.07, 6.45) is -0.713. The summed E-state index contributed by atoms with van der Waals surface area (Å²) in [5.41, 5.74) is 2.27. The Kier molecular flexibility index (Phi) is 7.02. The van der Waals surface area contributed by atoms with E-state index in [1.165, 1.54) is 36.4 Å². The van der Waals surface area contributed by atoms with Crippen LogP contribution in [0.4, 0.5) is 11.4 Å². The molecule has 184 valence electrons. The average molecular weight is 489 g/mol. The fourth-order valence-corrected chi connectivity index (χ4v) is 4.10. The number of benzene rings is 3. The summed E-state index contributed by atoms with van der Waals surface area (Å²) in [5.74, 6) is -0.171. The van der Waals surface area contributed by atoms with Crippen molar-refractivity contribution in [3.8, 4) is 5.75 Å². The minimum atomic E-state index is -0.713. The minimum absolute atomic E-state index is 0.0520. The zero-order chi connectivity index (χ0) is 25.8. The molecule has 3 aromatic carbocycles. The maximum atomic E-state index is 13.1. The molecule has 0 radical (unpaired) electrons. The number of nitro groups is 2. The van der Waals surface area contributed by atoms with Gasteiger partial charge in [-0.15, -0.1) is 0 Å². The molecule has 1 fully saturated rings. The highest BCUT2D eigenvalue weighted by Gasteiger charge is 2.40. The second-order valence-electron chi connectivity index (χ2n) is 8.18. The van der Waals surface area contributed by atoms with Gasteiger partial charge in [-0.2, -0.15) is 5.10 Å². The van der Waals surface area contributed by atoms with Crippen molar-refractivity contribution >= 4 is 23.0 Å².